The summed E-state index contributed by atoms with van der Waals surface area (Å²) < 4.78 is 23.9. The quantitative estimate of drug-likeness (QED) is 0.549. The number of nitrogens with one attached hydrogen (secondary N) is 1. The Balaban J connectivity index is 1.72. The Morgan fingerprint density at radius 2 is 1.93 bits per heavy atom. The van der Waals surface area contributed by atoms with Gasteiger partial charge in [-0.1, -0.05) is 30.9 Å². The fraction of sp³-hybridized carbons (Fsp3) is 0.611. The van der Waals surface area contributed by atoms with Crippen LogP contribution in [0.3, 0.4) is 0 Å². The van der Waals surface area contributed by atoms with E-state index in [9.17, 15) is 23.3 Å². The van der Waals surface area contributed by atoms with Crippen LogP contribution < -0.4 is 5.32 Å². The molecule has 3 rings (SSSR count). The predicted octanol–water partition coefficient (Wildman–Crippen LogP) is 3.01. The summed E-state index contributed by atoms with van der Waals surface area (Å²) in [7, 11) is -3.10. The monoisotopic (exact) mass is 429 g/mol. The highest BCUT2D eigenvalue weighted by molar-refractivity contribution is 7.91. The van der Waals surface area contributed by atoms with E-state index < -0.39 is 14.8 Å². The molecule has 1 saturated carbocycles. The number of sulfone groups is 1. The van der Waals surface area contributed by atoms with Gasteiger partial charge < -0.3 is 10.2 Å². The topological polar surface area (TPSA) is 110 Å². The molecule has 10 heteroatoms. The van der Waals surface area contributed by atoms with Crippen LogP contribution >= 0.6 is 11.6 Å². The largest absolute Gasteiger partial charge is 0.376 e. The molecular weight excluding hydrogens is 406 g/mol. The Morgan fingerprint density at radius 1 is 1.21 bits per heavy atom. The van der Waals surface area contributed by atoms with Gasteiger partial charge >= 0.3 is 0 Å². The zero-order valence-corrected chi connectivity index (χ0v) is 17.0. The zero-order valence-electron chi connectivity index (χ0n) is 15.5. The molecular formula is C18H24ClN3O5S. The van der Waals surface area contributed by atoms with Crippen LogP contribution in [0.25, 0.3) is 0 Å². The highest BCUT2D eigenvalue weighted by atomic mass is 35.5. The molecule has 2 fully saturated rings. The van der Waals surface area contributed by atoms with Crippen LogP contribution in [0.2, 0.25) is 5.02 Å². The molecule has 0 bridgehead atoms. The lowest BCUT2D eigenvalue weighted by molar-refractivity contribution is -0.384. The summed E-state index contributed by atoms with van der Waals surface area (Å²) in [5.74, 6) is -0.0429. The summed E-state index contributed by atoms with van der Waals surface area (Å²) in [6.07, 6.45) is 5.43. The Hall–Kier alpha value is -1.87. The fourth-order valence-electron chi connectivity index (χ4n) is 4.09. The molecule has 154 valence electrons. The second-order valence-corrected chi connectivity index (χ2v) is 10.1. The van der Waals surface area contributed by atoms with Crippen molar-refractivity contribution in [2.24, 2.45) is 0 Å². The third-order valence-corrected chi connectivity index (χ3v) is 7.51. The number of amides is 1. The van der Waals surface area contributed by atoms with E-state index in [1.807, 2.05) is 0 Å². The number of hydrogen-bond acceptors (Lipinski definition) is 6. The van der Waals surface area contributed by atoms with Gasteiger partial charge in [0.05, 0.1) is 23.0 Å². The number of benzene rings is 1. The highest BCUT2D eigenvalue weighted by Gasteiger charge is 2.38. The van der Waals surface area contributed by atoms with Crippen LogP contribution in [0.15, 0.2) is 18.2 Å². The Kier molecular flexibility index (Phi) is 6.44. The van der Waals surface area contributed by atoms with Gasteiger partial charge in [0, 0.05) is 23.8 Å². The maximum absolute atomic E-state index is 13.0. The third kappa shape index (κ3) is 4.94. The minimum absolute atomic E-state index is 0.0155. The first-order chi connectivity index (χ1) is 13.3. The molecule has 1 aliphatic heterocycles. The molecule has 1 atom stereocenters. The maximum atomic E-state index is 13.0. The van der Waals surface area contributed by atoms with E-state index in [1.165, 1.54) is 12.1 Å². The summed E-state index contributed by atoms with van der Waals surface area (Å²) in [4.78, 5) is 25.2. The van der Waals surface area contributed by atoms with Crippen molar-refractivity contribution in [3.8, 4) is 0 Å². The molecule has 1 aliphatic carbocycles. The number of hydrogen-bond donors (Lipinski definition) is 1. The number of carbonyl (C=O) groups excluding carboxylic acids is 1. The highest BCUT2D eigenvalue weighted by Crippen LogP contribution is 2.29. The van der Waals surface area contributed by atoms with Crippen LogP contribution in [-0.4, -0.2) is 54.3 Å². The van der Waals surface area contributed by atoms with Crippen LogP contribution in [0.1, 0.15) is 38.5 Å². The lowest BCUT2D eigenvalue weighted by atomic mass is 9.93. The van der Waals surface area contributed by atoms with Crippen molar-refractivity contribution in [3.63, 3.8) is 0 Å². The number of carbonyl (C=O) groups is 1. The standard InChI is InChI=1S/C18H24ClN3O5S/c19-16-7-6-13(10-17(16)22(24)25)20-11-18(23)21(14-4-2-1-3-5-14)15-8-9-28(26,27)12-15/h6-7,10,14-15,20H,1-5,8-9,11-12H2. The molecule has 1 N–H and O–H groups in total. The summed E-state index contributed by atoms with van der Waals surface area (Å²) >= 11 is 5.82. The third-order valence-electron chi connectivity index (χ3n) is 5.44. The average Bonchev–Trinajstić information content (AvgIpc) is 3.01. The van der Waals surface area contributed by atoms with Gasteiger partial charge in [-0.25, -0.2) is 8.42 Å². The van der Waals surface area contributed by atoms with Crippen LogP contribution in [0, 0.1) is 10.1 Å². The van der Waals surface area contributed by atoms with Crippen molar-refractivity contribution in [1.29, 1.82) is 0 Å². The van der Waals surface area contributed by atoms with E-state index >= 15 is 0 Å². The van der Waals surface area contributed by atoms with Gasteiger partial charge in [-0.3, -0.25) is 14.9 Å². The second-order valence-electron chi connectivity index (χ2n) is 7.43. The van der Waals surface area contributed by atoms with Gasteiger partial charge in [0.15, 0.2) is 9.84 Å². The van der Waals surface area contributed by atoms with E-state index in [4.69, 9.17) is 11.6 Å². The minimum atomic E-state index is -3.10. The normalized spacial score (nSPS) is 22.0. The molecule has 1 amide bonds. The first kappa shape index (κ1) is 20.9. The van der Waals surface area contributed by atoms with E-state index in [-0.39, 0.29) is 46.8 Å². The summed E-state index contributed by atoms with van der Waals surface area (Å²) in [6.45, 7) is -0.0498. The van der Waals surface area contributed by atoms with Crippen LogP contribution in [0.4, 0.5) is 11.4 Å². The maximum Gasteiger partial charge on any atom is 0.289 e. The van der Waals surface area contributed by atoms with E-state index in [2.05, 4.69) is 5.32 Å². The van der Waals surface area contributed by atoms with E-state index in [1.54, 1.807) is 11.0 Å². The van der Waals surface area contributed by atoms with Gasteiger partial charge in [0.25, 0.3) is 5.69 Å². The Labute approximate surface area is 169 Å². The summed E-state index contributed by atoms with van der Waals surface area (Å²) in [5.41, 5.74) is 0.192. The molecule has 0 aromatic heterocycles. The van der Waals surface area contributed by atoms with Crippen molar-refractivity contribution in [1.82, 2.24) is 4.90 Å². The number of halogens is 1. The smallest absolute Gasteiger partial charge is 0.289 e. The second kappa shape index (κ2) is 8.65. The molecule has 0 radical (unpaired) electrons. The van der Waals surface area contributed by atoms with Gasteiger partial charge in [-0.2, -0.15) is 0 Å². The minimum Gasteiger partial charge on any atom is -0.376 e. The predicted molar refractivity (Wildman–Crippen MR) is 107 cm³/mol. The fourth-order valence-corrected chi connectivity index (χ4v) is 5.99. The molecule has 8 nitrogen and oxygen atoms in total. The van der Waals surface area contributed by atoms with Crippen LogP contribution in [0.5, 0.6) is 0 Å². The van der Waals surface area contributed by atoms with Crippen LogP contribution in [-0.2, 0) is 14.6 Å². The number of rotatable bonds is 6. The lowest BCUT2D eigenvalue weighted by Crippen LogP contribution is -2.50. The Bertz CT molecular complexity index is 855. The van der Waals surface area contributed by atoms with Crippen molar-refractivity contribution >= 4 is 38.7 Å². The number of nitrogens with zero attached hydrogens (tertiary/aromatic N) is 2. The number of nitro benzene ring substituents is 1. The number of nitro groups is 1. The van der Waals surface area contributed by atoms with Crippen molar-refractivity contribution in [2.45, 2.75) is 50.6 Å². The first-order valence-electron chi connectivity index (χ1n) is 9.46. The molecule has 1 aromatic carbocycles. The number of anilines is 1. The van der Waals surface area contributed by atoms with E-state index in [0.717, 1.165) is 32.1 Å². The summed E-state index contributed by atoms with van der Waals surface area (Å²) in [5, 5.41) is 14.0. The summed E-state index contributed by atoms with van der Waals surface area (Å²) in [6, 6.07) is 4.05. The molecule has 1 unspecified atom stereocenters. The SMILES string of the molecule is O=C(CNc1ccc(Cl)c([N+](=O)[O-])c1)N(C1CCCCC1)C1CCS(=O)(=O)C1. The first-order valence-corrected chi connectivity index (χ1v) is 11.7. The van der Waals surface area contributed by atoms with Gasteiger partial charge in [0.1, 0.15) is 5.02 Å². The molecule has 1 aromatic rings. The van der Waals surface area contributed by atoms with E-state index in [0.29, 0.717) is 12.1 Å². The van der Waals surface area contributed by atoms with Gasteiger partial charge in [-0.15, -0.1) is 0 Å². The molecule has 28 heavy (non-hydrogen) atoms. The Morgan fingerprint density at radius 3 is 2.54 bits per heavy atom. The zero-order chi connectivity index (χ0) is 20.3. The van der Waals surface area contributed by atoms with Crippen molar-refractivity contribution in [2.75, 3.05) is 23.4 Å². The molecule has 2 aliphatic rings. The van der Waals surface area contributed by atoms with Crippen molar-refractivity contribution in [3.05, 3.63) is 33.3 Å². The molecule has 1 heterocycles. The van der Waals surface area contributed by atoms with Gasteiger partial charge in [-0.05, 0) is 31.4 Å². The lowest BCUT2D eigenvalue weighted by Gasteiger charge is -2.38. The van der Waals surface area contributed by atoms with Crippen molar-refractivity contribution < 1.29 is 18.1 Å². The molecule has 1 saturated heterocycles. The average molecular weight is 430 g/mol. The van der Waals surface area contributed by atoms with Gasteiger partial charge in [0.2, 0.25) is 5.91 Å². The molecule has 0 spiro atoms.